The predicted octanol–water partition coefficient (Wildman–Crippen LogP) is 2.16. The highest BCUT2D eigenvalue weighted by molar-refractivity contribution is 5.60. The molecule has 2 nitrogen and oxygen atoms in total. The number of nitrogens with one attached hydrogen (secondary N) is 1. The standard InChI is InChI=1S/C12H10NO/c1-3-7-11-9(5-1)13-10-6-2-4-8-12(10)14-11/h1-3,5-8,10,12-13H/q+1. The van der Waals surface area contributed by atoms with Gasteiger partial charge in [-0.2, -0.15) is 0 Å². The third-order valence-electron chi connectivity index (χ3n) is 2.49. The predicted molar refractivity (Wildman–Crippen MR) is 55.2 cm³/mol. The minimum atomic E-state index is 0.0786. The minimum Gasteiger partial charge on any atom is -0.477 e. The molecule has 0 fully saturated rings. The van der Waals surface area contributed by atoms with Crippen molar-refractivity contribution in [2.45, 2.75) is 12.1 Å². The quantitative estimate of drug-likeness (QED) is 0.624. The number of fused-ring (bicyclic) bond motifs is 2. The molecule has 0 bridgehead atoms. The maximum absolute atomic E-state index is 5.80. The summed E-state index contributed by atoms with van der Waals surface area (Å²) < 4.78 is 5.80. The molecule has 0 spiro atoms. The smallest absolute Gasteiger partial charge is 0.186 e. The Morgan fingerprint density at radius 3 is 3.21 bits per heavy atom. The van der Waals surface area contributed by atoms with E-state index >= 15 is 0 Å². The van der Waals surface area contributed by atoms with E-state index in [1.165, 1.54) is 0 Å². The molecule has 2 unspecified atom stereocenters. The summed E-state index contributed by atoms with van der Waals surface area (Å²) in [7, 11) is 0. The average molecular weight is 184 g/mol. The molecule has 0 radical (unpaired) electrons. The van der Waals surface area contributed by atoms with E-state index in [0.29, 0.717) is 0 Å². The van der Waals surface area contributed by atoms with Crippen molar-refractivity contribution >= 4 is 5.69 Å². The van der Waals surface area contributed by atoms with Gasteiger partial charge in [-0.1, -0.05) is 12.1 Å². The number of ether oxygens (including phenoxy) is 1. The Kier molecular flexibility index (Phi) is 1.55. The van der Waals surface area contributed by atoms with Crippen molar-refractivity contribution in [3.8, 4) is 5.75 Å². The van der Waals surface area contributed by atoms with Crippen LogP contribution in [-0.4, -0.2) is 12.1 Å². The van der Waals surface area contributed by atoms with E-state index in [-0.39, 0.29) is 12.1 Å². The molecular formula is C12H10NO+. The van der Waals surface area contributed by atoms with Gasteiger partial charge in [0.25, 0.3) is 0 Å². The first-order valence-corrected chi connectivity index (χ1v) is 4.72. The van der Waals surface area contributed by atoms with Crippen molar-refractivity contribution in [2.75, 3.05) is 5.32 Å². The zero-order chi connectivity index (χ0) is 9.38. The second-order valence-electron chi connectivity index (χ2n) is 3.44. The van der Waals surface area contributed by atoms with Gasteiger partial charge in [0.05, 0.1) is 17.8 Å². The van der Waals surface area contributed by atoms with E-state index in [1.54, 1.807) is 0 Å². The fourth-order valence-corrected chi connectivity index (χ4v) is 1.78. The Hall–Kier alpha value is -1.79. The summed E-state index contributed by atoms with van der Waals surface area (Å²) >= 11 is 0. The molecule has 0 aromatic heterocycles. The molecule has 1 aromatic rings. The summed E-state index contributed by atoms with van der Waals surface area (Å²) in [6.45, 7) is 0. The molecule has 1 aliphatic heterocycles. The van der Waals surface area contributed by atoms with Crippen molar-refractivity contribution in [1.29, 1.82) is 0 Å². The summed E-state index contributed by atoms with van der Waals surface area (Å²) in [5.41, 5.74) is 1.06. The van der Waals surface area contributed by atoms with Crippen LogP contribution in [0.1, 0.15) is 0 Å². The van der Waals surface area contributed by atoms with E-state index in [4.69, 9.17) is 4.74 Å². The van der Waals surface area contributed by atoms with Crippen LogP contribution >= 0.6 is 0 Å². The van der Waals surface area contributed by atoms with Gasteiger partial charge in [0, 0.05) is 0 Å². The van der Waals surface area contributed by atoms with Gasteiger partial charge in [0.2, 0.25) is 0 Å². The first-order valence-electron chi connectivity index (χ1n) is 4.72. The lowest BCUT2D eigenvalue weighted by molar-refractivity contribution is 0.228. The van der Waals surface area contributed by atoms with Crippen LogP contribution in [0, 0.1) is 6.08 Å². The number of anilines is 1. The Labute approximate surface area is 82.9 Å². The van der Waals surface area contributed by atoms with E-state index in [2.05, 4.69) is 17.5 Å². The molecule has 1 aliphatic carbocycles. The lowest BCUT2D eigenvalue weighted by atomic mass is 10.0. The summed E-state index contributed by atoms with van der Waals surface area (Å²) in [5, 5.41) is 3.42. The summed E-state index contributed by atoms with van der Waals surface area (Å²) in [6.07, 6.45) is 9.07. The molecule has 2 aliphatic rings. The molecule has 1 aromatic carbocycles. The molecule has 2 atom stereocenters. The molecule has 0 saturated heterocycles. The van der Waals surface area contributed by atoms with Crippen LogP contribution in [0.4, 0.5) is 5.69 Å². The molecular weight excluding hydrogens is 174 g/mol. The molecule has 14 heavy (non-hydrogen) atoms. The SMILES string of the molecule is [C+]1=CC2Oc3ccccc3NC2C=C1. The largest absolute Gasteiger partial charge is 0.477 e. The van der Waals surface area contributed by atoms with E-state index in [9.17, 15) is 0 Å². The van der Waals surface area contributed by atoms with E-state index in [0.717, 1.165) is 11.4 Å². The zero-order valence-corrected chi connectivity index (χ0v) is 7.60. The van der Waals surface area contributed by atoms with Gasteiger partial charge in [-0.25, -0.2) is 0 Å². The van der Waals surface area contributed by atoms with Crippen LogP contribution in [-0.2, 0) is 0 Å². The number of para-hydroxylation sites is 2. The first kappa shape index (κ1) is 7.60. The van der Waals surface area contributed by atoms with Gasteiger partial charge in [-0.05, 0) is 12.1 Å². The summed E-state index contributed by atoms with van der Waals surface area (Å²) in [5.74, 6) is 0.919. The highest BCUT2D eigenvalue weighted by atomic mass is 16.5. The van der Waals surface area contributed by atoms with Gasteiger partial charge < -0.3 is 10.1 Å². The second-order valence-corrected chi connectivity index (χ2v) is 3.44. The highest BCUT2D eigenvalue weighted by Gasteiger charge is 2.31. The molecule has 0 saturated carbocycles. The van der Waals surface area contributed by atoms with Crippen LogP contribution in [0.2, 0.25) is 0 Å². The van der Waals surface area contributed by atoms with E-state index < -0.39 is 0 Å². The van der Waals surface area contributed by atoms with Crippen LogP contribution in [0.5, 0.6) is 5.75 Å². The first-order chi connectivity index (χ1) is 6.93. The maximum atomic E-state index is 5.80. The second kappa shape index (κ2) is 2.86. The zero-order valence-electron chi connectivity index (χ0n) is 7.60. The molecule has 68 valence electrons. The van der Waals surface area contributed by atoms with Crippen molar-refractivity contribution < 1.29 is 4.74 Å². The van der Waals surface area contributed by atoms with Gasteiger partial charge >= 0.3 is 0 Å². The minimum absolute atomic E-state index is 0.0786. The fraction of sp³-hybridized carbons (Fsp3) is 0.167. The molecule has 1 heterocycles. The molecule has 2 heteroatoms. The van der Waals surface area contributed by atoms with Gasteiger partial charge in [-0.15, -0.1) is 0 Å². The Bertz CT molecular complexity index is 370. The molecule has 1 N–H and O–H groups in total. The van der Waals surface area contributed by atoms with Gasteiger partial charge in [0.15, 0.2) is 18.2 Å². The van der Waals surface area contributed by atoms with Crippen molar-refractivity contribution in [3.05, 3.63) is 48.6 Å². The number of benzene rings is 1. The Balaban J connectivity index is 2.00. The molecule has 3 rings (SSSR count). The summed E-state index contributed by atoms with van der Waals surface area (Å²) in [4.78, 5) is 0. The van der Waals surface area contributed by atoms with Gasteiger partial charge in [-0.3, -0.25) is 0 Å². The van der Waals surface area contributed by atoms with Crippen molar-refractivity contribution in [2.24, 2.45) is 0 Å². The Morgan fingerprint density at radius 2 is 2.21 bits per heavy atom. The van der Waals surface area contributed by atoms with Crippen LogP contribution in [0.15, 0.2) is 42.5 Å². The van der Waals surface area contributed by atoms with Crippen molar-refractivity contribution in [1.82, 2.24) is 0 Å². The third-order valence-corrected chi connectivity index (χ3v) is 2.49. The molecule has 0 amide bonds. The number of hydrogen-bond acceptors (Lipinski definition) is 2. The fourth-order valence-electron chi connectivity index (χ4n) is 1.78. The highest BCUT2D eigenvalue weighted by Crippen LogP contribution is 2.32. The number of rotatable bonds is 0. The third kappa shape index (κ3) is 1.09. The number of hydrogen-bond donors (Lipinski definition) is 1. The lowest BCUT2D eigenvalue weighted by Crippen LogP contribution is -2.39. The average Bonchev–Trinajstić information content (AvgIpc) is 2.26. The Morgan fingerprint density at radius 1 is 1.29 bits per heavy atom. The topological polar surface area (TPSA) is 21.3 Å². The van der Waals surface area contributed by atoms with Crippen LogP contribution in [0.25, 0.3) is 0 Å². The van der Waals surface area contributed by atoms with E-state index in [1.807, 2.05) is 36.4 Å². The monoisotopic (exact) mass is 184 g/mol. The van der Waals surface area contributed by atoms with Crippen LogP contribution < -0.4 is 10.1 Å². The maximum Gasteiger partial charge on any atom is 0.186 e. The summed E-state index contributed by atoms with van der Waals surface area (Å²) in [6, 6.07) is 8.23. The number of allylic oxidation sites excluding steroid dienone is 2. The van der Waals surface area contributed by atoms with Gasteiger partial charge in [0.1, 0.15) is 11.8 Å². The van der Waals surface area contributed by atoms with Crippen LogP contribution in [0.3, 0.4) is 0 Å². The lowest BCUT2D eigenvalue weighted by Gasteiger charge is -2.28. The van der Waals surface area contributed by atoms with Crippen molar-refractivity contribution in [3.63, 3.8) is 0 Å². The normalized spacial score (nSPS) is 26.6.